The largest absolute Gasteiger partial charge is 0.326 e. The summed E-state index contributed by atoms with van der Waals surface area (Å²) in [5.74, 6) is -0.127. The highest BCUT2D eigenvalue weighted by atomic mass is 35.5. The number of sulfonamides is 1. The van der Waals surface area contributed by atoms with Crippen molar-refractivity contribution in [2.45, 2.75) is 30.7 Å². The third-order valence-corrected chi connectivity index (χ3v) is 5.81. The summed E-state index contributed by atoms with van der Waals surface area (Å²) in [6.07, 6.45) is 1.56. The van der Waals surface area contributed by atoms with Gasteiger partial charge in [-0.3, -0.25) is 9.52 Å². The number of nitrogens with one attached hydrogen (secondary N) is 3. The molecule has 3 rings (SSSR count). The molecule has 1 amide bonds. The molecule has 2 aromatic rings. The summed E-state index contributed by atoms with van der Waals surface area (Å²) in [4.78, 5) is 12.6. The molecule has 1 aliphatic rings. The summed E-state index contributed by atoms with van der Waals surface area (Å²) < 4.78 is 27.6. The maximum Gasteiger partial charge on any atom is 0.261 e. The Kier molecular flexibility index (Phi) is 7.24. The molecule has 0 saturated carbocycles. The zero-order valence-electron chi connectivity index (χ0n) is 15.0. The number of hydrogen-bond acceptors (Lipinski definition) is 4. The van der Waals surface area contributed by atoms with Crippen molar-refractivity contribution in [1.29, 1.82) is 0 Å². The molecule has 0 unspecified atom stereocenters. The summed E-state index contributed by atoms with van der Waals surface area (Å²) >= 11 is 0. The van der Waals surface area contributed by atoms with E-state index in [9.17, 15) is 13.2 Å². The van der Waals surface area contributed by atoms with Gasteiger partial charge in [0.05, 0.1) is 4.90 Å². The topological polar surface area (TPSA) is 87.3 Å². The second-order valence-electron chi connectivity index (χ2n) is 6.57. The van der Waals surface area contributed by atoms with Gasteiger partial charge in [-0.1, -0.05) is 24.3 Å². The molecule has 2 aromatic carbocycles. The van der Waals surface area contributed by atoms with Crippen LogP contribution >= 0.6 is 12.4 Å². The molecule has 0 aromatic heterocycles. The van der Waals surface area contributed by atoms with Crippen molar-refractivity contribution in [3.63, 3.8) is 0 Å². The summed E-state index contributed by atoms with van der Waals surface area (Å²) in [5.41, 5.74) is 0.975. The van der Waals surface area contributed by atoms with Crippen molar-refractivity contribution in [2.24, 2.45) is 5.92 Å². The van der Waals surface area contributed by atoms with E-state index >= 15 is 0 Å². The molecule has 0 aliphatic carbocycles. The van der Waals surface area contributed by atoms with Crippen molar-refractivity contribution in [3.05, 3.63) is 54.6 Å². The van der Waals surface area contributed by atoms with E-state index in [1.807, 2.05) is 6.07 Å². The average molecular weight is 410 g/mol. The van der Waals surface area contributed by atoms with Crippen LogP contribution in [0.15, 0.2) is 59.5 Å². The predicted molar refractivity (Wildman–Crippen MR) is 110 cm³/mol. The Labute approximate surface area is 166 Å². The van der Waals surface area contributed by atoms with Gasteiger partial charge in [-0.15, -0.1) is 12.4 Å². The molecule has 0 spiro atoms. The van der Waals surface area contributed by atoms with Crippen molar-refractivity contribution in [2.75, 3.05) is 16.6 Å². The molecule has 1 fully saturated rings. The van der Waals surface area contributed by atoms with E-state index in [0.29, 0.717) is 17.4 Å². The number of piperidine rings is 1. The quantitative estimate of drug-likeness (QED) is 0.707. The van der Waals surface area contributed by atoms with E-state index in [2.05, 4.69) is 22.3 Å². The molecule has 1 saturated heterocycles. The summed E-state index contributed by atoms with van der Waals surface area (Å²) in [6.45, 7) is 2.87. The van der Waals surface area contributed by atoms with Gasteiger partial charge in [0.15, 0.2) is 0 Å². The highest BCUT2D eigenvalue weighted by Gasteiger charge is 2.25. The fourth-order valence-corrected chi connectivity index (χ4v) is 4.18. The van der Waals surface area contributed by atoms with Gasteiger partial charge in [-0.2, -0.15) is 0 Å². The highest BCUT2D eigenvalue weighted by molar-refractivity contribution is 7.92. The summed E-state index contributed by atoms with van der Waals surface area (Å²) in [5, 5.41) is 6.16. The molecule has 1 aliphatic heterocycles. The minimum atomic E-state index is -3.72. The van der Waals surface area contributed by atoms with E-state index in [1.54, 1.807) is 36.4 Å². The molecule has 3 N–H and O–H groups in total. The van der Waals surface area contributed by atoms with Crippen molar-refractivity contribution < 1.29 is 13.2 Å². The number of benzene rings is 2. The van der Waals surface area contributed by atoms with Crippen LogP contribution in [-0.2, 0) is 14.8 Å². The van der Waals surface area contributed by atoms with Crippen molar-refractivity contribution in [3.8, 4) is 0 Å². The van der Waals surface area contributed by atoms with Crippen LogP contribution in [-0.4, -0.2) is 26.9 Å². The zero-order valence-corrected chi connectivity index (χ0v) is 16.6. The van der Waals surface area contributed by atoms with E-state index in [4.69, 9.17) is 0 Å². The lowest BCUT2D eigenvalue weighted by Crippen LogP contribution is -2.40. The van der Waals surface area contributed by atoms with Crippen LogP contribution in [0, 0.1) is 5.92 Å². The van der Waals surface area contributed by atoms with Crippen LogP contribution in [0.5, 0.6) is 0 Å². The van der Waals surface area contributed by atoms with Crippen LogP contribution < -0.4 is 15.4 Å². The van der Waals surface area contributed by atoms with Gasteiger partial charge in [0.25, 0.3) is 10.0 Å². The summed E-state index contributed by atoms with van der Waals surface area (Å²) in [7, 11) is -3.72. The minimum Gasteiger partial charge on any atom is -0.326 e. The zero-order chi connectivity index (χ0) is 18.6. The Morgan fingerprint density at radius 1 is 1.07 bits per heavy atom. The molecular weight excluding hydrogens is 386 g/mol. The van der Waals surface area contributed by atoms with Gasteiger partial charge in [0, 0.05) is 23.3 Å². The third kappa shape index (κ3) is 5.69. The van der Waals surface area contributed by atoms with Gasteiger partial charge in [0.2, 0.25) is 5.91 Å². The molecular formula is C19H24ClN3O3S. The smallest absolute Gasteiger partial charge is 0.261 e. The van der Waals surface area contributed by atoms with E-state index < -0.39 is 10.0 Å². The SMILES string of the molecule is C[C@H]1C[C@@H](C(=O)Nc2cccc(S(=O)(=O)Nc3ccccc3)c2)CCN1.Cl. The monoisotopic (exact) mass is 409 g/mol. The third-order valence-electron chi connectivity index (χ3n) is 4.43. The van der Waals surface area contributed by atoms with Gasteiger partial charge in [0.1, 0.15) is 0 Å². The Morgan fingerprint density at radius 2 is 1.78 bits per heavy atom. The number of anilines is 2. The van der Waals surface area contributed by atoms with Crippen LogP contribution in [0.1, 0.15) is 19.8 Å². The molecule has 146 valence electrons. The number of para-hydroxylation sites is 1. The lowest BCUT2D eigenvalue weighted by atomic mass is 9.92. The lowest BCUT2D eigenvalue weighted by Gasteiger charge is -2.27. The minimum absolute atomic E-state index is 0. The van der Waals surface area contributed by atoms with Crippen LogP contribution in [0.3, 0.4) is 0 Å². The summed E-state index contributed by atoms with van der Waals surface area (Å²) in [6, 6.07) is 15.3. The first kappa shape index (κ1) is 21.2. The highest BCUT2D eigenvalue weighted by Crippen LogP contribution is 2.22. The number of rotatable bonds is 5. The molecule has 27 heavy (non-hydrogen) atoms. The van der Waals surface area contributed by atoms with E-state index in [0.717, 1.165) is 19.4 Å². The molecule has 1 heterocycles. The fourth-order valence-electron chi connectivity index (χ4n) is 3.08. The lowest BCUT2D eigenvalue weighted by molar-refractivity contribution is -0.120. The predicted octanol–water partition coefficient (Wildman–Crippen LogP) is 3.24. The van der Waals surface area contributed by atoms with Gasteiger partial charge >= 0.3 is 0 Å². The Balaban J connectivity index is 0.00000261. The molecule has 6 nitrogen and oxygen atoms in total. The molecule has 2 atom stereocenters. The standard InChI is InChI=1S/C19H23N3O3S.ClH/c1-14-12-15(10-11-20-14)19(23)21-17-8-5-9-18(13-17)26(24,25)22-16-6-3-2-4-7-16;/h2-9,13-15,20,22H,10-12H2,1H3,(H,21,23);1H/t14-,15-;/m0./s1. The number of amides is 1. The normalized spacial score (nSPS) is 19.6. The van der Waals surface area contributed by atoms with Gasteiger partial charge < -0.3 is 10.6 Å². The maximum absolute atomic E-state index is 12.6. The first-order valence-electron chi connectivity index (χ1n) is 8.66. The number of carbonyl (C=O) groups is 1. The second kappa shape index (κ2) is 9.21. The first-order chi connectivity index (χ1) is 12.4. The Hall–Kier alpha value is -2.09. The molecule has 8 heteroatoms. The van der Waals surface area contributed by atoms with Gasteiger partial charge in [-0.25, -0.2) is 8.42 Å². The van der Waals surface area contributed by atoms with Gasteiger partial charge in [-0.05, 0) is 56.6 Å². The number of hydrogen-bond donors (Lipinski definition) is 3. The van der Waals surface area contributed by atoms with Crippen LogP contribution in [0.4, 0.5) is 11.4 Å². The first-order valence-corrected chi connectivity index (χ1v) is 10.1. The second-order valence-corrected chi connectivity index (χ2v) is 8.25. The number of halogens is 1. The Bertz CT molecular complexity index is 875. The fraction of sp³-hybridized carbons (Fsp3) is 0.316. The van der Waals surface area contributed by atoms with Crippen LogP contribution in [0.2, 0.25) is 0 Å². The van der Waals surface area contributed by atoms with Crippen molar-refractivity contribution >= 4 is 39.7 Å². The average Bonchev–Trinajstić information content (AvgIpc) is 2.62. The molecule has 0 bridgehead atoms. The Morgan fingerprint density at radius 3 is 2.48 bits per heavy atom. The molecule has 0 radical (unpaired) electrons. The van der Waals surface area contributed by atoms with E-state index in [-0.39, 0.29) is 29.1 Å². The number of carbonyl (C=O) groups excluding carboxylic acids is 1. The van der Waals surface area contributed by atoms with Crippen LogP contribution in [0.25, 0.3) is 0 Å². The maximum atomic E-state index is 12.6. The van der Waals surface area contributed by atoms with Crippen molar-refractivity contribution in [1.82, 2.24) is 5.32 Å². The van der Waals surface area contributed by atoms with E-state index in [1.165, 1.54) is 12.1 Å².